The SMILES string of the molecule is CCN(CC)CCCC[C@H](NC(=O)[C@@H](NC(=O)CCCCCn1cc(-c2cnc(=S)[nH]c2)nn1)C(C)C)C(=O)NCC(=O)NCOC/C=C/c1c2c(nc3cc(F)c(C)cc13)-c1cc3c(c(=O)n1C2)COC(=O)[C@]3(O)CC. The number of cyclic esters (lactones) is 1. The first kappa shape index (κ1) is 57.6. The quantitative estimate of drug-likeness (QED) is 0.0174. The third kappa shape index (κ3) is 13.9. The minimum absolute atomic E-state index is 0.0161. The predicted molar refractivity (Wildman–Crippen MR) is 287 cm³/mol. The van der Waals surface area contributed by atoms with Crippen LogP contribution in [0.15, 0.2) is 47.7 Å². The fourth-order valence-electron chi connectivity index (χ4n) is 9.50. The first-order valence-corrected chi connectivity index (χ1v) is 26.7. The number of hydrogen-bond acceptors (Lipinski definition) is 15. The Morgan fingerprint density at radius 2 is 1.81 bits per heavy atom. The van der Waals surface area contributed by atoms with Crippen LogP contribution in [0.25, 0.3) is 39.6 Å². The fraction of sp³-hybridized carbons (Fsp3) is 0.500. The first-order valence-electron chi connectivity index (χ1n) is 26.3. The molecule has 21 nitrogen and oxygen atoms in total. The molecule has 23 heteroatoms. The van der Waals surface area contributed by atoms with Crippen molar-refractivity contribution >= 4 is 58.8 Å². The maximum Gasteiger partial charge on any atom is 0.343 e. The van der Waals surface area contributed by atoms with Gasteiger partial charge in [0.15, 0.2) is 10.4 Å². The van der Waals surface area contributed by atoms with Crippen molar-refractivity contribution in [2.75, 3.05) is 39.5 Å². The zero-order valence-corrected chi connectivity index (χ0v) is 45.3. The van der Waals surface area contributed by atoms with Gasteiger partial charge >= 0.3 is 5.97 Å². The van der Waals surface area contributed by atoms with Crippen LogP contribution in [0, 0.1) is 23.4 Å². The number of aryl methyl sites for hydroxylation is 2. The number of amides is 4. The number of carbonyl (C=O) groups is 5. The lowest BCUT2D eigenvalue weighted by molar-refractivity contribution is -0.172. The van der Waals surface area contributed by atoms with Gasteiger partial charge in [-0.25, -0.2) is 19.2 Å². The third-order valence-electron chi connectivity index (χ3n) is 14.1. The van der Waals surface area contributed by atoms with Crippen LogP contribution in [-0.4, -0.2) is 126 Å². The van der Waals surface area contributed by atoms with E-state index < -0.39 is 59.3 Å². The lowest BCUT2D eigenvalue weighted by Crippen LogP contribution is -2.56. The molecule has 4 aromatic heterocycles. The van der Waals surface area contributed by atoms with Crippen LogP contribution in [0.3, 0.4) is 0 Å². The summed E-state index contributed by atoms with van der Waals surface area (Å²) >= 11 is 5.00. The zero-order valence-electron chi connectivity index (χ0n) is 44.5. The smallest absolute Gasteiger partial charge is 0.343 e. The van der Waals surface area contributed by atoms with Crippen LogP contribution < -0.4 is 26.8 Å². The van der Waals surface area contributed by atoms with Gasteiger partial charge in [-0.3, -0.25) is 28.7 Å². The normalized spacial score (nSPS) is 15.5. The maximum absolute atomic E-state index is 15.0. The second-order valence-corrected chi connectivity index (χ2v) is 20.1. The van der Waals surface area contributed by atoms with Crippen LogP contribution in [0.4, 0.5) is 4.39 Å². The van der Waals surface area contributed by atoms with E-state index in [2.05, 4.69) is 60.3 Å². The van der Waals surface area contributed by atoms with E-state index in [1.807, 2.05) is 20.0 Å². The molecule has 1 aromatic carbocycles. The van der Waals surface area contributed by atoms with Crippen LogP contribution >= 0.6 is 12.2 Å². The molecule has 6 N–H and O–H groups in total. The number of hydrogen-bond donors (Lipinski definition) is 6. The Bertz CT molecular complexity index is 3110. The lowest BCUT2D eigenvalue weighted by Gasteiger charge is -2.31. The third-order valence-corrected chi connectivity index (χ3v) is 14.3. The lowest BCUT2D eigenvalue weighted by atomic mass is 9.86. The van der Waals surface area contributed by atoms with Gasteiger partial charge in [-0.05, 0) is 106 Å². The average Bonchev–Trinajstić information content (AvgIpc) is 4.13. The molecule has 0 spiro atoms. The summed E-state index contributed by atoms with van der Waals surface area (Å²) in [6.07, 6.45) is 12.7. The number of H-pyrrole nitrogens is 1. The topological polar surface area (TPSA) is 270 Å². The highest BCUT2D eigenvalue weighted by molar-refractivity contribution is 7.71. The number of benzene rings is 1. The molecule has 4 amide bonds. The number of esters is 1. The Hall–Kier alpha value is -7.08. The summed E-state index contributed by atoms with van der Waals surface area (Å²) in [4.78, 5) is 94.1. The average molecular weight is 1080 g/mol. The second-order valence-electron chi connectivity index (χ2n) is 19.7. The fourth-order valence-corrected chi connectivity index (χ4v) is 9.61. The number of aliphatic hydroxyl groups is 1. The molecule has 77 heavy (non-hydrogen) atoms. The molecular weight excluding hydrogens is 1010 g/mol. The first-order chi connectivity index (χ1) is 37.0. The van der Waals surface area contributed by atoms with E-state index in [1.54, 1.807) is 55.2 Å². The Morgan fingerprint density at radius 3 is 2.53 bits per heavy atom. The minimum Gasteiger partial charge on any atom is -0.458 e. The number of nitrogens with zero attached hydrogens (tertiary/aromatic N) is 7. The number of ether oxygens (including phenoxy) is 2. The monoisotopic (exact) mass is 1080 g/mol. The minimum atomic E-state index is -2.01. The molecule has 2 aliphatic heterocycles. The summed E-state index contributed by atoms with van der Waals surface area (Å²) in [5, 5.41) is 31.3. The van der Waals surface area contributed by atoms with Gasteiger partial charge in [0, 0.05) is 53.5 Å². The number of halogens is 1. The van der Waals surface area contributed by atoms with Crippen molar-refractivity contribution in [3.8, 4) is 22.6 Å². The Kier molecular flexibility index (Phi) is 19.7. The molecule has 0 aliphatic carbocycles. The summed E-state index contributed by atoms with van der Waals surface area (Å²) in [7, 11) is 0. The van der Waals surface area contributed by atoms with E-state index in [1.165, 1.54) is 10.6 Å². The van der Waals surface area contributed by atoms with E-state index in [0.29, 0.717) is 75.3 Å². The maximum atomic E-state index is 15.0. The second kappa shape index (κ2) is 26.3. The Labute approximate surface area is 450 Å². The van der Waals surface area contributed by atoms with E-state index in [0.717, 1.165) is 44.5 Å². The number of aromatic nitrogens is 7. The van der Waals surface area contributed by atoms with Crippen molar-refractivity contribution < 1.29 is 42.9 Å². The summed E-state index contributed by atoms with van der Waals surface area (Å²) in [5.41, 5.74) is 2.18. The van der Waals surface area contributed by atoms with Gasteiger partial charge in [0.05, 0.1) is 48.4 Å². The van der Waals surface area contributed by atoms with Gasteiger partial charge in [-0.15, -0.1) is 5.10 Å². The van der Waals surface area contributed by atoms with Crippen LogP contribution in [-0.2, 0) is 58.7 Å². The molecular formula is C54H69FN12O9S. The number of pyridine rings is 2. The van der Waals surface area contributed by atoms with Gasteiger partial charge in [-0.1, -0.05) is 58.4 Å². The molecule has 0 saturated heterocycles. The number of rotatable bonds is 27. The van der Waals surface area contributed by atoms with Crippen molar-refractivity contribution in [3.63, 3.8) is 0 Å². The van der Waals surface area contributed by atoms with Crippen molar-refractivity contribution in [1.82, 2.24) is 60.7 Å². The molecule has 3 atom stereocenters. The highest BCUT2D eigenvalue weighted by Gasteiger charge is 2.45. The molecule has 6 heterocycles. The summed E-state index contributed by atoms with van der Waals surface area (Å²) in [6.45, 7) is 13.5. The van der Waals surface area contributed by atoms with E-state index >= 15 is 0 Å². The van der Waals surface area contributed by atoms with Crippen LogP contribution in [0.2, 0.25) is 0 Å². The van der Waals surface area contributed by atoms with Crippen molar-refractivity contribution in [3.05, 3.63) is 91.6 Å². The van der Waals surface area contributed by atoms with Gasteiger partial charge < -0.3 is 50.3 Å². The van der Waals surface area contributed by atoms with Gasteiger partial charge in [0.2, 0.25) is 23.6 Å². The molecule has 412 valence electrons. The largest absolute Gasteiger partial charge is 0.458 e. The number of nitrogens with one attached hydrogen (secondary N) is 5. The Morgan fingerprint density at radius 1 is 1.01 bits per heavy atom. The number of unbranched alkanes of at least 4 members (excludes halogenated alkanes) is 3. The van der Waals surface area contributed by atoms with Crippen LogP contribution in [0.5, 0.6) is 0 Å². The number of aromatic amines is 1. The molecule has 0 radical (unpaired) electrons. The van der Waals surface area contributed by atoms with Gasteiger partial charge in [0.25, 0.3) is 5.56 Å². The summed E-state index contributed by atoms with van der Waals surface area (Å²) in [5.74, 6) is -3.45. The van der Waals surface area contributed by atoms with Crippen molar-refractivity contribution in [2.45, 2.75) is 130 Å². The summed E-state index contributed by atoms with van der Waals surface area (Å²) in [6, 6.07) is 2.73. The molecule has 5 aromatic rings. The van der Waals surface area contributed by atoms with E-state index in [9.17, 15) is 38.3 Å². The molecule has 0 fully saturated rings. The molecule has 0 bridgehead atoms. The van der Waals surface area contributed by atoms with E-state index in [4.69, 9.17) is 26.7 Å². The molecule has 7 rings (SSSR count). The van der Waals surface area contributed by atoms with Crippen molar-refractivity contribution in [1.29, 1.82) is 0 Å². The highest BCUT2D eigenvalue weighted by Crippen LogP contribution is 2.41. The molecule has 2 aliphatic rings. The van der Waals surface area contributed by atoms with Crippen molar-refractivity contribution in [2.24, 2.45) is 5.92 Å². The Balaban J connectivity index is 0.909. The standard InChI is InChI=1S/C54H69FN12O9S/c1-7-54(74)39-23-44-48-37(28-67(44)51(72)38(39)30-76-52(54)73)35(36-22-33(6)40(55)24-42(36)60-48)16-15-21-75-31-59-46(69)27-56-49(70)41(17-12-14-19-65(8-2)9-3)61-50(71)47(32(4)5)62-45(68)18-11-10-13-20-66-29-43(63-64-66)34-25-57-53(77)58-26-34/h15-16,22-26,29,32,41,47,74H,7-14,17-21,27-28,30-31H2,1-6H3,(H,56,70)(H,59,69)(H,61,71)(H,62,68)(H,57,58,77)/b16-15+/t41-,47-,54-/m0/s1. The molecule has 0 unspecified atom stereocenters. The number of fused-ring (bicyclic) bond motifs is 5. The van der Waals surface area contributed by atoms with Gasteiger partial charge in [0.1, 0.15) is 36.9 Å². The molecule has 0 saturated carbocycles. The van der Waals surface area contributed by atoms with Gasteiger partial charge in [-0.2, -0.15) is 0 Å². The highest BCUT2D eigenvalue weighted by atomic mass is 32.1. The number of carbonyl (C=O) groups excluding carboxylic acids is 5. The summed E-state index contributed by atoms with van der Waals surface area (Å²) < 4.78 is 29.5. The van der Waals surface area contributed by atoms with Crippen LogP contribution in [0.1, 0.15) is 114 Å². The predicted octanol–water partition coefficient (Wildman–Crippen LogP) is 4.86. The zero-order chi connectivity index (χ0) is 55.4. The van der Waals surface area contributed by atoms with E-state index in [-0.39, 0.29) is 62.3 Å².